The molecule has 0 fully saturated rings. The molecule has 0 unspecified atom stereocenters. The Morgan fingerprint density at radius 2 is 0.864 bits per heavy atom. The first kappa shape index (κ1) is 50.1. The molecule has 2 heterocycles. The van der Waals surface area contributed by atoms with Crippen LogP contribution in [0.2, 0.25) is 0 Å². The molecule has 0 aliphatic carbocycles. The zero-order valence-electron chi connectivity index (χ0n) is 36.0. The molecule has 2 aromatic heterocycles. The number of rotatable bonds is 18. The molecular formula is C41H60N4O12S2. The highest BCUT2D eigenvalue weighted by Crippen LogP contribution is 2.43. The SMILES string of the molecule is CCN(CCCN(CC)c1ccc(-c2cc(OC)c(OC(C)C)c(OC)c2)nc1)c1ccc(-c2cc(OC)c(OC(C)C)c(OC)c2)nc1.CS(=O)(=O)O.CS(=O)(=O)O. The number of pyridine rings is 2. The molecule has 0 bridgehead atoms. The van der Waals surface area contributed by atoms with Crippen LogP contribution in [0.1, 0.15) is 48.0 Å². The van der Waals surface area contributed by atoms with E-state index < -0.39 is 20.2 Å². The van der Waals surface area contributed by atoms with Crippen LogP contribution in [-0.4, -0.2) is 115 Å². The molecule has 18 heteroatoms. The fraction of sp³-hybridized carbons (Fsp3) is 0.463. The van der Waals surface area contributed by atoms with Gasteiger partial charge in [-0.25, -0.2) is 0 Å². The van der Waals surface area contributed by atoms with Gasteiger partial charge in [-0.05, 0) is 96.5 Å². The fourth-order valence-electron chi connectivity index (χ4n) is 5.64. The van der Waals surface area contributed by atoms with E-state index in [4.69, 9.17) is 47.5 Å². The number of nitrogens with zero attached hydrogens (tertiary/aromatic N) is 4. The van der Waals surface area contributed by atoms with E-state index in [0.29, 0.717) is 47.0 Å². The molecule has 4 aromatic rings. The zero-order chi connectivity index (χ0) is 44.5. The van der Waals surface area contributed by atoms with Crippen LogP contribution in [0.4, 0.5) is 11.4 Å². The molecule has 328 valence electrons. The normalized spacial score (nSPS) is 11.1. The predicted molar refractivity (Wildman–Crippen MR) is 232 cm³/mol. The maximum atomic E-state index is 9.19. The number of ether oxygens (including phenoxy) is 6. The first-order valence-electron chi connectivity index (χ1n) is 18.8. The molecule has 0 spiro atoms. The Labute approximate surface area is 349 Å². The highest BCUT2D eigenvalue weighted by molar-refractivity contribution is 7.85. The molecule has 0 amide bonds. The van der Waals surface area contributed by atoms with Crippen molar-refractivity contribution in [1.29, 1.82) is 0 Å². The smallest absolute Gasteiger partial charge is 0.261 e. The number of aromatic nitrogens is 2. The monoisotopic (exact) mass is 864 g/mol. The van der Waals surface area contributed by atoms with E-state index in [-0.39, 0.29) is 12.2 Å². The van der Waals surface area contributed by atoms with Crippen molar-refractivity contribution >= 4 is 31.6 Å². The number of methoxy groups -OCH3 is 4. The lowest BCUT2D eigenvalue weighted by molar-refractivity contribution is 0.218. The van der Waals surface area contributed by atoms with Gasteiger partial charge >= 0.3 is 0 Å². The third-order valence-corrected chi connectivity index (χ3v) is 8.07. The molecule has 59 heavy (non-hydrogen) atoms. The van der Waals surface area contributed by atoms with Crippen molar-refractivity contribution in [1.82, 2.24) is 9.97 Å². The predicted octanol–water partition coefficient (Wildman–Crippen LogP) is 7.17. The van der Waals surface area contributed by atoms with Crippen LogP contribution >= 0.6 is 0 Å². The average Bonchev–Trinajstić information content (AvgIpc) is 3.16. The highest BCUT2D eigenvalue weighted by Gasteiger charge is 2.19. The Morgan fingerprint density at radius 1 is 0.576 bits per heavy atom. The highest BCUT2D eigenvalue weighted by atomic mass is 32.2. The number of benzene rings is 2. The minimum Gasteiger partial charge on any atom is -0.493 e. The van der Waals surface area contributed by atoms with Crippen molar-refractivity contribution in [3.05, 3.63) is 60.9 Å². The summed E-state index contributed by atoms with van der Waals surface area (Å²) >= 11 is 0. The van der Waals surface area contributed by atoms with Crippen molar-refractivity contribution in [2.75, 3.05) is 76.9 Å². The second kappa shape index (κ2) is 23.5. The van der Waals surface area contributed by atoms with Gasteiger partial charge in [-0.15, -0.1) is 0 Å². The lowest BCUT2D eigenvalue weighted by atomic mass is 10.1. The van der Waals surface area contributed by atoms with Gasteiger partial charge in [0, 0.05) is 37.3 Å². The summed E-state index contributed by atoms with van der Waals surface area (Å²) in [6.07, 6.45) is 6.25. The standard InChI is InChI=1S/C39H52N4O6.2CH4O3S/c1-11-42(30-14-16-32(40-24-30)28-20-34(44-7)38(48-26(3)4)35(21-28)45-8)18-13-19-43(12-2)31-15-17-33(41-25-31)29-22-36(46-9)39(49-27(5)6)37(23-29)47-10;2*1-5(2,3)4/h14-17,20-27H,11-13,18-19H2,1-10H3;2*1H3,(H,2,3,4). The molecular weight excluding hydrogens is 805 g/mol. The molecule has 0 aliphatic heterocycles. The van der Waals surface area contributed by atoms with E-state index in [1.807, 2.05) is 76.5 Å². The Balaban J connectivity index is 0.00000107. The van der Waals surface area contributed by atoms with Crippen LogP contribution < -0.4 is 38.2 Å². The van der Waals surface area contributed by atoms with Crippen LogP contribution in [0.5, 0.6) is 34.5 Å². The molecule has 2 N–H and O–H groups in total. The van der Waals surface area contributed by atoms with Gasteiger partial charge in [0.15, 0.2) is 23.0 Å². The van der Waals surface area contributed by atoms with E-state index >= 15 is 0 Å². The minimum atomic E-state index is -3.67. The van der Waals surface area contributed by atoms with E-state index in [0.717, 1.165) is 66.5 Å². The number of anilines is 2. The van der Waals surface area contributed by atoms with Crippen LogP contribution in [0.25, 0.3) is 22.5 Å². The second-order valence-electron chi connectivity index (χ2n) is 13.5. The summed E-state index contributed by atoms with van der Waals surface area (Å²) < 4.78 is 86.2. The maximum Gasteiger partial charge on any atom is 0.261 e. The summed E-state index contributed by atoms with van der Waals surface area (Å²) in [7, 11) is -0.811. The Kier molecular flexibility index (Phi) is 20.0. The van der Waals surface area contributed by atoms with Gasteiger partial charge in [-0.3, -0.25) is 19.1 Å². The lowest BCUT2D eigenvalue weighted by Crippen LogP contribution is -2.30. The van der Waals surface area contributed by atoms with Gasteiger partial charge in [-0.1, -0.05) is 0 Å². The summed E-state index contributed by atoms with van der Waals surface area (Å²) in [4.78, 5) is 14.3. The van der Waals surface area contributed by atoms with Gasteiger partial charge in [0.05, 0.1) is 88.3 Å². The maximum absolute atomic E-state index is 9.19. The Hall–Kier alpha value is -5.04. The molecule has 16 nitrogen and oxygen atoms in total. The number of hydrogen-bond donors (Lipinski definition) is 2. The van der Waals surface area contributed by atoms with E-state index in [9.17, 15) is 16.8 Å². The average molecular weight is 865 g/mol. The quantitative estimate of drug-likeness (QED) is 0.0954. The van der Waals surface area contributed by atoms with Crippen molar-refractivity contribution in [2.45, 2.75) is 60.2 Å². The molecule has 0 saturated heterocycles. The first-order chi connectivity index (χ1) is 27.6. The zero-order valence-corrected chi connectivity index (χ0v) is 37.7. The van der Waals surface area contributed by atoms with Gasteiger partial charge < -0.3 is 38.2 Å². The summed E-state index contributed by atoms with van der Waals surface area (Å²) in [5.41, 5.74) is 5.61. The van der Waals surface area contributed by atoms with E-state index in [1.165, 1.54) is 0 Å². The van der Waals surface area contributed by atoms with E-state index in [2.05, 4.69) is 35.8 Å². The minimum absolute atomic E-state index is 0.0121. The van der Waals surface area contributed by atoms with Crippen LogP contribution in [0, 0.1) is 0 Å². The van der Waals surface area contributed by atoms with Crippen molar-refractivity contribution < 1.29 is 54.4 Å². The van der Waals surface area contributed by atoms with Crippen molar-refractivity contribution in [2.24, 2.45) is 0 Å². The summed E-state index contributed by atoms with van der Waals surface area (Å²) in [5, 5.41) is 0. The van der Waals surface area contributed by atoms with Crippen molar-refractivity contribution in [3.63, 3.8) is 0 Å². The van der Waals surface area contributed by atoms with Gasteiger partial charge in [-0.2, -0.15) is 16.8 Å². The fourth-order valence-corrected chi connectivity index (χ4v) is 5.64. The molecule has 0 radical (unpaired) electrons. The summed E-state index contributed by atoms with van der Waals surface area (Å²) in [6.45, 7) is 15.8. The second-order valence-corrected chi connectivity index (χ2v) is 16.5. The Bertz CT molecular complexity index is 1900. The van der Waals surface area contributed by atoms with Crippen LogP contribution in [0.15, 0.2) is 60.9 Å². The van der Waals surface area contributed by atoms with Gasteiger partial charge in [0.25, 0.3) is 20.2 Å². The van der Waals surface area contributed by atoms with Crippen molar-refractivity contribution in [3.8, 4) is 57.0 Å². The summed E-state index contributed by atoms with van der Waals surface area (Å²) in [5.74, 6) is 3.63. The third kappa shape index (κ3) is 17.4. The topological polar surface area (TPSA) is 196 Å². The lowest BCUT2D eigenvalue weighted by Gasteiger charge is -2.27. The van der Waals surface area contributed by atoms with Crippen LogP contribution in [-0.2, 0) is 20.2 Å². The molecule has 2 aromatic carbocycles. The Morgan fingerprint density at radius 3 is 1.07 bits per heavy atom. The van der Waals surface area contributed by atoms with Crippen LogP contribution in [0.3, 0.4) is 0 Å². The molecule has 0 aliphatic rings. The largest absolute Gasteiger partial charge is 0.493 e. The van der Waals surface area contributed by atoms with Gasteiger partial charge in [0.1, 0.15) is 0 Å². The molecule has 0 atom stereocenters. The third-order valence-electron chi connectivity index (χ3n) is 8.07. The summed E-state index contributed by atoms with van der Waals surface area (Å²) in [6, 6.07) is 16.1. The number of hydrogen-bond acceptors (Lipinski definition) is 14. The van der Waals surface area contributed by atoms with Gasteiger partial charge in [0.2, 0.25) is 11.5 Å². The molecule has 4 rings (SSSR count). The van der Waals surface area contributed by atoms with E-state index in [1.54, 1.807) is 28.4 Å². The molecule has 0 saturated carbocycles. The first-order valence-corrected chi connectivity index (χ1v) is 22.5.